The minimum Gasteiger partial charge on any atom is -0.355 e. The first-order valence-corrected chi connectivity index (χ1v) is 7.78. The number of hydrogen-bond acceptors (Lipinski definition) is 3. The zero-order valence-electron chi connectivity index (χ0n) is 13.7. The fraction of sp³-hybridized carbons (Fsp3) is 0.100. The van der Waals surface area contributed by atoms with Gasteiger partial charge in [-0.1, -0.05) is 30.3 Å². The van der Waals surface area contributed by atoms with Crippen molar-refractivity contribution in [3.05, 3.63) is 83.7 Å². The molecule has 0 aliphatic heterocycles. The molecule has 0 aliphatic rings. The molecule has 0 bridgehead atoms. The molecule has 0 atom stereocenters. The van der Waals surface area contributed by atoms with Crippen LogP contribution in [0.2, 0.25) is 0 Å². The third-order valence-corrected chi connectivity index (χ3v) is 3.69. The Morgan fingerprint density at radius 1 is 0.917 bits per heavy atom. The van der Waals surface area contributed by atoms with E-state index in [0.29, 0.717) is 5.69 Å². The molecule has 0 unspecified atom stereocenters. The van der Waals surface area contributed by atoms with E-state index in [4.69, 9.17) is 0 Å². The lowest BCUT2D eigenvalue weighted by Gasteiger charge is -2.10. The van der Waals surface area contributed by atoms with Crippen LogP contribution in [0.1, 0.15) is 21.6 Å². The van der Waals surface area contributed by atoms with Crippen LogP contribution >= 0.6 is 0 Å². The van der Waals surface area contributed by atoms with Crippen LogP contribution in [-0.2, 0) is 0 Å². The van der Waals surface area contributed by atoms with Crippen molar-refractivity contribution in [3.8, 4) is 0 Å². The van der Waals surface area contributed by atoms with E-state index in [1.54, 1.807) is 12.3 Å². The normalized spacial score (nSPS) is 10.2. The molecule has 24 heavy (non-hydrogen) atoms. The molecule has 0 saturated carbocycles. The van der Waals surface area contributed by atoms with Crippen molar-refractivity contribution in [2.24, 2.45) is 0 Å². The Balaban J connectivity index is 1.77. The lowest BCUT2D eigenvalue weighted by Crippen LogP contribution is -2.13. The number of rotatable bonds is 4. The highest BCUT2D eigenvalue weighted by Crippen LogP contribution is 2.20. The van der Waals surface area contributed by atoms with E-state index < -0.39 is 0 Å². The van der Waals surface area contributed by atoms with Crippen molar-refractivity contribution in [1.82, 2.24) is 4.98 Å². The van der Waals surface area contributed by atoms with Crippen molar-refractivity contribution < 1.29 is 4.79 Å². The molecule has 0 saturated heterocycles. The molecule has 2 N–H and O–H groups in total. The summed E-state index contributed by atoms with van der Waals surface area (Å²) in [5, 5.41) is 6.19. The zero-order valence-corrected chi connectivity index (χ0v) is 13.7. The summed E-state index contributed by atoms with van der Waals surface area (Å²) >= 11 is 0. The van der Waals surface area contributed by atoms with Crippen molar-refractivity contribution >= 4 is 23.0 Å². The number of para-hydroxylation sites is 1. The average molecular weight is 317 g/mol. The van der Waals surface area contributed by atoms with Crippen molar-refractivity contribution in [2.75, 3.05) is 10.6 Å². The Morgan fingerprint density at radius 2 is 1.75 bits per heavy atom. The van der Waals surface area contributed by atoms with Gasteiger partial charge < -0.3 is 10.6 Å². The minimum absolute atomic E-state index is 0.228. The number of anilines is 3. The minimum atomic E-state index is -0.228. The van der Waals surface area contributed by atoms with E-state index in [9.17, 15) is 4.79 Å². The van der Waals surface area contributed by atoms with E-state index in [0.717, 1.165) is 28.2 Å². The number of aryl methyl sites for hydroxylation is 2. The van der Waals surface area contributed by atoms with Crippen LogP contribution in [0.5, 0.6) is 0 Å². The Bertz CT molecular complexity index is 874. The summed E-state index contributed by atoms with van der Waals surface area (Å²) in [6, 6.07) is 19.3. The summed E-state index contributed by atoms with van der Waals surface area (Å²) in [5.41, 5.74) is 5.20. The third-order valence-electron chi connectivity index (χ3n) is 3.69. The number of nitrogens with zero attached hydrogens (tertiary/aromatic N) is 1. The molecular formula is C20H19N3O. The van der Waals surface area contributed by atoms with Gasteiger partial charge in [0.15, 0.2) is 0 Å². The predicted octanol–water partition coefficient (Wildman–Crippen LogP) is 4.69. The van der Waals surface area contributed by atoms with Crippen LogP contribution in [0.25, 0.3) is 0 Å². The van der Waals surface area contributed by atoms with Gasteiger partial charge in [-0.25, -0.2) is 0 Å². The molecule has 3 aromatic rings. The van der Waals surface area contributed by atoms with E-state index in [1.807, 2.05) is 68.4 Å². The topological polar surface area (TPSA) is 54.0 Å². The molecule has 0 spiro atoms. The van der Waals surface area contributed by atoms with Crippen molar-refractivity contribution in [3.63, 3.8) is 0 Å². The lowest BCUT2D eigenvalue weighted by molar-refractivity contribution is 0.102. The molecule has 0 aliphatic carbocycles. The van der Waals surface area contributed by atoms with Gasteiger partial charge in [0.2, 0.25) is 0 Å². The molecule has 120 valence electrons. The highest BCUT2D eigenvalue weighted by molar-refractivity contribution is 6.03. The molecule has 4 heteroatoms. The molecule has 0 radical (unpaired) electrons. The average Bonchev–Trinajstić information content (AvgIpc) is 2.57. The number of pyridine rings is 1. The van der Waals surface area contributed by atoms with Gasteiger partial charge in [-0.05, 0) is 55.3 Å². The van der Waals surface area contributed by atoms with Gasteiger partial charge in [0.05, 0.1) is 0 Å². The van der Waals surface area contributed by atoms with Gasteiger partial charge in [-0.3, -0.25) is 9.78 Å². The predicted molar refractivity (Wildman–Crippen MR) is 97.8 cm³/mol. The van der Waals surface area contributed by atoms with Gasteiger partial charge in [0.1, 0.15) is 5.69 Å². The molecule has 2 aromatic carbocycles. The summed E-state index contributed by atoms with van der Waals surface area (Å²) in [6.45, 7) is 4.02. The Kier molecular flexibility index (Phi) is 4.57. The lowest BCUT2D eigenvalue weighted by atomic mass is 10.2. The second-order valence-electron chi connectivity index (χ2n) is 5.69. The molecule has 4 nitrogen and oxygen atoms in total. The third kappa shape index (κ3) is 3.79. The maximum Gasteiger partial charge on any atom is 0.274 e. The smallest absolute Gasteiger partial charge is 0.274 e. The largest absolute Gasteiger partial charge is 0.355 e. The maximum atomic E-state index is 12.4. The molecular weight excluding hydrogens is 298 g/mol. The van der Waals surface area contributed by atoms with Crippen LogP contribution in [0.3, 0.4) is 0 Å². The number of nitrogens with one attached hydrogen (secondary N) is 2. The van der Waals surface area contributed by atoms with Crippen LogP contribution in [0.15, 0.2) is 66.9 Å². The zero-order chi connectivity index (χ0) is 16.9. The fourth-order valence-electron chi connectivity index (χ4n) is 2.42. The second kappa shape index (κ2) is 6.96. The molecule has 1 aromatic heterocycles. The highest BCUT2D eigenvalue weighted by atomic mass is 16.1. The fourth-order valence-corrected chi connectivity index (χ4v) is 2.42. The van der Waals surface area contributed by atoms with Gasteiger partial charge >= 0.3 is 0 Å². The number of carbonyl (C=O) groups excluding carboxylic acids is 1. The first-order chi connectivity index (χ1) is 11.6. The number of hydrogen-bond donors (Lipinski definition) is 2. The van der Waals surface area contributed by atoms with Crippen LogP contribution in [-0.4, -0.2) is 10.9 Å². The first-order valence-electron chi connectivity index (χ1n) is 7.78. The number of amides is 1. The Hall–Kier alpha value is -3.14. The number of aromatic nitrogens is 1. The highest BCUT2D eigenvalue weighted by Gasteiger charge is 2.09. The van der Waals surface area contributed by atoms with Crippen LogP contribution in [0, 0.1) is 13.8 Å². The maximum absolute atomic E-state index is 12.4. The first kappa shape index (κ1) is 15.7. The van der Waals surface area contributed by atoms with Crippen LogP contribution < -0.4 is 10.6 Å². The SMILES string of the molecule is Cc1cccc(NC(=O)c2cc(Nc3ccccc3C)ccn2)c1. The second-order valence-corrected chi connectivity index (χ2v) is 5.69. The van der Waals surface area contributed by atoms with E-state index >= 15 is 0 Å². The Morgan fingerprint density at radius 3 is 2.54 bits per heavy atom. The molecule has 1 amide bonds. The van der Waals surface area contributed by atoms with Gasteiger partial charge in [-0.15, -0.1) is 0 Å². The quantitative estimate of drug-likeness (QED) is 0.733. The molecule has 3 rings (SSSR count). The Labute approximate surface area is 141 Å². The number of benzene rings is 2. The van der Waals surface area contributed by atoms with E-state index in [-0.39, 0.29) is 5.91 Å². The summed E-state index contributed by atoms with van der Waals surface area (Å²) in [4.78, 5) is 16.6. The molecule has 0 fully saturated rings. The standard InChI is InChI=1S/C20H19N3O/c1-14-6-5-8-16(12-14)23-20(24)19-13-17(10-11-21-19)22-18-9-4-3-7-15(18)2/h3-13H,1-2H3,(H,21,22)(H,23,24). The summed E-state index contributed by atoms with van der Waals surface area (Å²) in [6.07, 6.45) is 1.63. The van der Waals surface area contributed by atoms with Gasteiger partial charge in [-0.2, -0.15) is 0 Å². The van der Waals surface area contributed by atoms with Crippen LogP contribution in [0.4, 0.5) is 17.1 Å². The summed E-state index contributed by atoms with van der Waals surface area (Å²) in [5.74, 6) is -0.228. The van der Waals surface area contributed by atoms with Crippen molar-refractivity contribution in [2.45, 2.75) is 13.8 Å². The monoisotopic (exact) mass is 317 g/mol. The summed E-state index contributed by atoms with van der Waals surface area (Å²) < 4.78 is 0. The van der Waals surface area contributed by atoms with E-state index in [1.165, 1.54) is 0 Å². The van der Waals surface area contributed by atoms with Gasteiger partial charge in [0.25, 0.3) is 5.91 Å². The van der Waals surface area contributed by atoms with Gasteiger partial charge in [0, 0.05) is 23.3 Å². The molecule has 1 heterocycles. The van der Waals surface area contributed by atoms with E-state index in [2.05, 4.69) is 15.6 Å². The van der Waals surface area contributed by atoms with Crippen molar-refractivity contribution in [1.29, 1.82) is 0 Å². The summed E-state index contributed by atoms with van der Waals surface area (Å²) in [7, 11) is 0. The number of carbonyl (C=O) groups is 1.